The normalized spacial score (nSPS) is 8.00. The van der Waals surface area contributed by atoms with E-state index in [9.17, 15) is 0 Å². The van der Waals surface area contributed by atoms with E-state index in [2.05, 4.69) is 13.2 Å². The molecular formula is C8H10O3. The maximum absolute atomic E-state index is 8.69. The summed E-state index contributed by atoms with van der Waals surface area (Å²) in [6.07, 6.45) is 0. The molecule has 0 saturated heterocycles. The van der Waals surface area contributed by atoms with Gasteiger partial charge in [0.1, 0.15) is 5.75 Å². The van der Waals surface area contributed by atoms with Gasteiger partial charge in [-0.2, -0.15) is 0 Å². The molecule has 0 radical (unpaired) electrons. The van der Waals surface area contributed by atoms with E-state index in [1.807, 2.05) is 0 Å². The van der Waals surface area contributed by atoms with Crippen LogP contribution in [0.3, 0.4) is 0 Å². The minimum Gasteiger partial charge on any atom is -0.508 e. The Labute approximate surface area is 64.9 Å². The van der Waals surface area contributed by atoms with Gasteiger partial charge in [-0.15, -0.1) is 13.2 Å². The van der Waals surface area contributed by atoms with Crippen LogP contribution in [0.4, 0.5) is 0 Å². The fourth-order valence-electron chi connectivity index (χ4n) is 0.512. The van der Waals surface area contributed by atoms with E-state index >= 15 is 0 Å². The first kappa shape index (κ1) is 9.36. The SMILES string of the molecule is C=C.Oc1ccc(O)c(O)c1. The number of phenols is 3. The molecule has 0 fully saturated rings. The summed E-state index contributed by atoms with van der Waals surface area (Å²) in [4.78, 5) is 0. The molecule has 3 N–H and O–H groups in total. The number of phenolic OH excluding ortho intramolecular Hbond substituents is 3. The van der Waals surface area contributed by atoms with E-state index < -0.39 is 0 Å². The molecule has 1 aromatic rings. The lowest BCUT2D eigenvalue weighted by Gasteiger charge is -1.95. The summed E-state index contributed by atoms with van der Waals surface area (Å²) in [7, 11) is 0. The largest absolute Gasteiger partial charge is 0.508 e. The topological polar surface area (TPSA) is 60.7 Å². The van der Waals surface area contributed by atoms with Gasteiger partial charge in [-0.3, -0.25) is 0 Å². The van der Waals surface area contributed by atoms with Gasteiger partial charge in [0, 0.05) is 6.07 Å². The molecule has 3 nitrogen and oxygen atoms in total. The molecule has 0 bridgehead atoms. The van der Waals surface area contributed by atoms with Crippen molar-refractivity contribution in [1.82, 2.24) is 0 Å². The van der Waals surface area contributed by atoms with Crippen LogP contribution in [0.15, 0.2) is 31.4 Å². The van der Waals surface area contributed by atoms with Crippen LogP contribution in [-0.4, -0.2) is 15.3 Å². The van der Waals surface area contributed by atoms with Gasteiger partial charge in [0.05, 0.1) is 0 Å². The summed E-state index contributed by atoms with van der Waals surface area (Å²) in [6, 6.07) is 3.56. The average molecular weight is 154 g/mol. The monoisotopic (exact) mass is 154 g/mol. The van der Waals surface area contributed by atoms with E-state index in [4.69, 9.17) is 15.3 Å². The Hall–Kier alpha value is -1.64. The molecular weight excluding hydrogens is 144 g/mol. The van der Waals surface area contributed by atoms with Crippen LogP contribution in [0.25, 0.3) is 0 Å². The molecule has 0 unspecified atom stereocenters. The number of rotatable bonds is 0. The second kappa shape index (κ2) is 4.22. The second-order valence-corrected chi connectivity index (χ2v) is 1.67. The lowest BCUT2D eigenvalue weighted by atomic mass is 10.3. The van der Waals surface area contributed by atoms with Crippen molar-refractivity contribution < 1.29 is 15.3 Å². The van der Waals surface area contributed by atoms with Crippen molar-refractivity contribution in [2.75, 3.05) is 0 Å². The highest BCUT2D eigenvalue weighted by Gasteiger charge is 1.96. The summed E-state index contributed by atoms with van der Waals surface area (Å²) >= 11 is 0. The number of hydrogen-bond donors (Lipinski definition) is 3. The van der Waals surface area contributed by atoms with Crippen LogP contribution in [-0.2, 0) is 0 Å². The molecule has 0 saturated carbocycles. The molecule has 3 heteroatoms. The first-order valence-electron chi connectivity index (χ1n) is 2.91. The van der Waals surface area contributed by atoms with Crippen molar-refractivity contribution in [3.63, 3.8) is 0 Å². The molecule has 0 atom stereocenters. The van der Waals surface area contributed by atoms with Crippen molar-refractivity contribution in [1.29, 1.82) is 0 Å². The van der Waals surface area contributed by atoms with E-state index in [1.54, 1.807) is 0 Å². The summed E-state index contributed by atoms with van der Waals surface area (Å²) in [6.45, 7) is 6.00. The summed E-state index contributed by atoms with van der Waals surface area (Å²) in [5.74, 6) is -0.604. The Morgan fingerprint density at radius 3 is 1.82 bits per heavy atom. The first-order valence-corrected chi connectivity index (χ1v) is 2.91. The van der Waals surface area contributed by atoms with Crippen LogP contribution in [0, 0.1) is 0 Å². The molecule has 60 valence electrons. The third-order valence-corrected chi connectivity index (χ3v) is 0.959. The summed E-state index contributed by atoms with van der Waals surface area (Å²) in [5, 5.41) is 26.0. The van der Waals surface area contributed by atoms with Crippen molar-refractivity contribution in [3.05, 3.63) is 31.4 Å². The standard InChI is InChI=1S/C6H6O3.C2H4/c7-4-1-2-5(8)6(9)3-4;1-2/h1-3,7-9H;1-2H2. The van der Waals surface area contributed by atoms with Crippen LogP contribution >= 0.6 is 0 Å². The molecule has 1 rings (SSSR count). The van der Waals surface area contributed by atoms with Crippen molar-refractivity contribution >= 4 is 0 Å². The Balaban J connectivity index is 0.000000461. The highest BCUT2D eigenvalue weighted by molar-refractivity contribution is 5.42. The molecule has 0 aromatic heterocycles. The zero-order valence-corrected chi connectivity index (χ0v) is 5.99. The van der Waals surface area contributed by atoms with E-state index in [1.165, 1.54) is 12.1 Å². The van der Waals surface area contributed by atoms with Gasteiger partial charge in [0.25, 0.3) is 0 Å². The van der Waals surface area contributed by atoms with E-state index in [-0.39, 0.29) is 17.2 Å². The van der Waals surface area contributed by atoms with Crippen molar-refractivity contribution in [3.8, 4) is 17.2 Å². The summed E-state index contributed by atoms with van der Waals surface area (Å²) < 4.78 is 0. The van der Waals surface area contributed by atoms with Gasteiger partial charge in [-0.05, 0) is 12.1 Å². The molecule has 0 spiro atoms. The van der Waals surface area contributed by atoms with E-state index in [0.717, 1.165) is 6.07 Å². The lowest BCUT2D eigenvalue weighted by molar-refractivity contribution is 0.396. The van der Waals surface area contributed by atoms with Gasteiger partial charge in [0.2, 0.25) is 0 Å². The van der Waals surface area contributed by atoms with Crippen LogP contribution < -0.4 is 0 Å². The molecule has 0 aliphatic carbocycles. The first-order chi connectivity index (χ1) is 5.20. The van der Waals surface area contributed by atoms with E-state index in [0.29, 0.717) is 0 Å². The molecule has 11 heavy (non-hydrogen) atoms. The Bertz CT molecular complexity index is 233. The maximum Gasteiger partial charge on any atom is 0.161 e. The van der Waals surface area contributed by atoms with Crippen LogP contribution in [0.5, 0.6) is 17.2 Å². The Morgan fingerprint density at radius 1 is 0.909 bits per heavy atom. The van der Waals surface area contributed by atoms with Crippen LogP contribution in [0.2, 0.25) is 0 Å². The molecule has 0 amide bonds. The fourth-order valence-corrected chi connectivity index (χ4v) is 0.512. The van der Waals surface area contributed by atoms with Crippen molar-refractivity contribution in [2.24, 2.45) is 0 Å². The quantitative estimate of drug-likeness (QED) is 0.302. The minimum atomic E-state index is -0.310. The maximum atomic E-state index is 8.69. The second-order valence-electron chi connectivity index (χ2n) is 1.67. The predicted molar refractivity (Wildman–Crippen MR) is 42.7 cm³/mol. The molecule has 0 aliphatic rings. The predicted octanol–water partition coefficient (Wildman–Crippen LogP) is 1.61. The van der Waals surface area contributed by atoms with Gasteiger partial charge in [-0.25, -0.2) is 0 Å². The highest BCUT2D eigenvalue weighted by atomic mass is 16.3. The Morgan fingerprint density at radius 2 is 1.45 bits per heavy atom. The number of hydrogen-bond acceptors (Lipinski definition) is 3. The Kier molecular flexibility index (Phi) is 3.59. The van der Waals surface area contributed by atoms with Gasteiger partial charge in [0.15, 0.2) is 11.5 Å². The fraction of sp³-hybridized carbons (Fsp3) is 0. The summed E-state index contributed by atoms with van der Waals surface area (Å²) in [5.41, 5.74) is 0. The molecule has 0 heterocycles. The van der Waals surface area contributed by atoms with Gasteiger partial charge in [-0.1, -0.05) is 0 Å². The third-order valence-electron chi connectivity index (χ3n) is 0.959. The smallest absolute Gasteiger partial charge is 0.161 e. The van der Waals surface area contributed by atoms with Gasteiger partial charge < -0.3 is 15.3 Å². The highest BCUT2D eigenvalue weighted by Crippen LogP contribution is 2.27. The minimum absolute atomic E-state index is 0.0645. The zero-order valence-electron chi connectivity index (χ0n) is 5.99. The average Bonchev–Trinajstić information content (AvgIpc) is 2.02. The molecule has 1 aromatic carbocycles. The van der Waals surface area contributed by atoms with Gasteiger partial charge >= 0.3 is 0 Å². The zero-order chi connectivity index (χ0) is 8.85. The molecule has 0 aliphatic heterocycles. The lowest BCUT2D eigenvalue weighted by Crippen LogP contribution is -1.66. The van der Waals surface area contributed by atoms with Crippen LogP contribution in [0.1, 0.15) is 0 Å². The van der Waals surface area contributed by atoms with Crippen molar-refractivity contribution in [2.45, 2.75) is 0 Å². The third kappa shape index (κ3) is 2.62. The number of benzene rings is 1. The number of aromatic hydroxyl groups is 3.